The van der Waals surface area contributed by atoms with E-state index in [-0.39, 0.29) is 11.3 Å². The number of halogens is 1. The Balaban J connectivity index is 2.95. The first-order valence-corrected chi connectivity index (χ1v) is 4.90. The predicted molar refractivity (Wildman–Crippen MR) is 58.7 cm³/mol. The minimum atomic E-state index is 0.0358. The number of hydrogen-bond donors (Lipinski definition) is 0. The topological polar surface area (TPSA) is 22.0 Å². The van der Waals surface area contributed by atoms with Crippen molar-refractivity contribution in [3.05, 3.63) is 46.2 Å². The van der Waals surface area contributed by atoms with Gasteiger partial charge in [-0.3, -0.25) is 4.79 Å². The van der Waals surface area contributed by atoms with Crippen LogP contribution in [0, 0.1) is 0 Å². The Bertz CT molecular complexity index is 530. The first kappa shape index (κ1) is 9.28. The molecule has 2 aromatic rings. The van der Waals surface area contributed by atoms with E-state index in [4.69, 9.17) is 11.6 Å². The van der Waals surface area contributed by atoms with Crippen molar-refractivity contribution in [2.75, 3.05) is 0 Å². The maximum absolute atomic E-state index is 11.8. The van der Waals surface area contributed by atoms with Crippen LogP contribution in [0.25, 0.3) is 10.9 Å². The molecule has 2 nitrogen and oxygen atoms in total. The highest BCUT2D eigenvalue weighted by atomic mass is 35.5. The molecule has 0 unspecified atom stereocenters. The molecule has 0 fully saturated rings. The molecule has 0 aliphatic rings. The van der Waals surface area contributed by atoms with Crippen LogP contribution in [0.15, 0.2) is 35.3 Å². The van der Waals surface area contributed by atoms with Crippen LogP contribution in [-0.4, -0.2) is 4.57 Å². The molecular formula is C11H10ClNO. The fraction of sp³-hybridized carbons (Fsp3) is 0.182. The lowest BCUT2D eigenvalue weighted by atomic mass is 10.1. The van der Waals surface area contributed by atoms with Gasteiger partial charge in [-0.1, -0.05) is 12.1 Å². The monoisotopic (exact) mass is 207 g/mol. The zero-order valence-corrected chi connectivity index (χ0v) is 8.58. The molecule has 3 heteroatoms. The van der Waals surface area contributed by atoms with Gasteiger partial charge in [-0.2, -0.15) is 0 Å². The van der Waals surface area contributed by atoms with Crippen molar-refractivity contribution in [1.29, 1.82) is 0 Å². The molecule has 1 aromatic carbocycles. The van der Waals surface area contributed by atoms with E-state index in [0.717, 1.165) is 10.9 Å². The van der Waals surface area contributed by atoms with Crippen molar-refractivity contribution in [2.24, 2.45) is 7.05 Å². The van der Waals surface area contributed by atoms with E-state index in [9.17, 15) is 4.79 Å². The lowest BCUT2D eigenvalue weighted by Gasteiger charge is -2.06. The number of nitrogens with zero attached hydrogens (tertiary/aromatic N) is 1. The van der Waals surface area contributed by atoms with E-state index >= 15 is 0 Å². The minimum Gasteiger partial charge on any atom is -0.350 e. The van der Waals surface area contributed by atoms with Crippen LogP contribution in [0.3, 0.4) is 0 Å². The zero-order valence-electron chi connectivity index (χ0n) is 7.83. The number of para-hydroxylation sites is 1. The molecule has 0 saturated heterocycles. The third-order valence-corrected chi connectivity index (χ3v) is 2.60. The second-order valence-electron chi connectivity index (χ2n) is 3.25. The summed E-state index contributed by atoms with van der Waals surface area (Å²) in [6.45, 7) is 0. The number of aryl methyl sites for hydroxylation is 1. The molecule has 0 radical (unpaired) electrons. The summed E-state index contributed by atoms with van der Waals surface area (Å²) < 4.78 is 1.93. The van der Waals surface area contributed by atoms with Crippen molar-refractivity contribution in [3.63, 3.8) is 0 Å². The van der Waals surface area contributed by atoms with Gasteiger partial charge in [0.25, 0.3) is 0 Å². The Labute approximate surface area is 86.7 Å². The van der Waals surface area contributed by atoms with Gasteiger partial charge in [0.15, 0.2) is 5.43 Å². The van der Waals surface area contributed by atoms with Gasteiger partial charge in [-0.15, -0.1) is 11.6 Å². The van der Waals surface area contributed by atoms with Gasteiger partial charge < -0.3 is 4.57 Å². The summed E-state index contributed by atoms with van der Waals surface area (Å²) in [4.78, 5) is 11.8. The second-order valence-corrected chi connectivity index (χ2v) is 3.51. The number of aromatic nitrogens is 1. The summed E-state index contributed by atoms with van der Waals surface area (Å²) in [6.07, 6.45) is 1.79. The molecule has 0 saturated carbocycles. The summed E-state index contributed by atoms with van der Waals surface area (Å²) in [5.41, 5.74) is 1.62. The van der Waals surface area contributed by atoms with Crippen molar-refractivity contribution in [1.82, 2.24) is 4.57 Å². The predicted octanol–water partition coefficient (Wildman–Crippen LogP) is 2.28. The minimum absolute atomic E-state index is 0.0358. The maximum atomic E-state index is 11.8. The molecule has 0 bridgehead atoms. The molecule has 0 aliphatic carbocycles. The van der Waals surface area contributed by atoms with Crippen LogP contribution < -0.4 is 5.43 Å². The van der Waals surface area contributed by atoms with Gasteiger partial charge in [0, 0.05) is 24.2 Å². The Kier molecular flexibility index (Phi) is 2.30. The number of fused-ring (bicyclic) bond motifs is 1. The van der Waals surface area contributed by atoms with Crippen LogP contribution >= 0.6 is 11.6 Å². The first-order chi connectivity index (χ1) is 6.74. The van der Waals surface area contributed by atoms with E-state index in [1.165, 1.54) is 0 Å². The van der Waals surface area contributed by atoms with Gasteiger partial charge >= 0.3 is 0 Å². The van der Waals surface area contributed by atoms with Crippen LogP contribution in [-0.2, 0) is 12.9 Å². The van der Waals surface area contributed by atoms with Crippen molar-refractivity contribution in [3.8, 4) is 0 Å². The Morgan fingerprint density at radius 1 is 1.36 bits per heavy atom. The fourth-order valence-electron chi connectivity index (χ4n) is 1.60. The highest BCUT2D eigenvalue weighted by molar-refractivity contribution is 6.17. The molecular weight excluding hydrogens is 198 g/mol. The van der Waals surface area contributed by atoms with Crippen LogP contribution in [0.2, 0.25) is 0 Å². The standard InChI is InChI=1S/C11H10ClNO/c1-13-7-8(6-12)11(14)9-4-2-3-5-10(9)13/h2-5,7H,6H2,1H3. The quantitative estimate of drug-likeness (QED) is 0.658. The summed E-state index contributed by atoms with van der Waals surface area (Å²) in [5.74, 6) is 0.261. The molecule has 0 spiro atoms. The summed E-state index contributed by atoms with van der Waals surface area (Å²) >= 11 is 5.69. The lowest BCUT2D eigenvalue weighted by molar-refractivity contribution is 0.936. The molecule has 0 aliphatic heterocycles. The summed E-state index contributed by atoms with van der Waals surface area (Å²) in [5, 5.41) is 0.730. The Hall–Kier alpha value is -1.28. The first-order valence-electron chi connectivity index (χ1n) is 4.37. The number of benzene rings is 1. The van der Waals surface area contributed by atoms with E-state index < -0.39 is 0 Å². The molecule has 1 heterocycles. The van der Waals surface area contributed by atoms with Gasteiger partial charge in [-0.25, -0.2) is 0 Å². The number of alkyl halides is 1. The van der Waals surface area contributed by atoms with Crippen molar-refractivity contribution >= 4 is 22.5 Å². The molecule has 72 valence electrons. The van der Waals surface area contributed by atoms with Gasteiger partial charge in [-0.05, 0) is 12.1 Å². The Morgan fingerprint density at radius 3 is 2.79 bits per heavy atom. The van der Waals surface area contributed by atoms with E-state index in [0.29, 0.717) is 5.56 Å². The highest BCUT2D eigenvalue weighted by Crippen LogP contribution is 2.10. The van der Waals surface area contributed by atoms with Crippen LogP contribution in [0.5, 0.6) is 0 Å². The number of rotatable bonds is 1. The zero-order chi connectivity index (χ0) is 10.1. The fourth-order valence-corrected chi connectivity index (χ4v) is 1.79. The molecule has 14 heavy (non-hydrogen) atoms. The smallest absolute Gasteiger partial charge is 0.193 e. The normalized spacial score (nSPS) is 10.7. The summed E-state index contributed by atoms with van der Waals surface area (Å²) in [7, 11) is 1.91. The Morgan fingerprint density at radius 2 is 2.07 bits per heavy atom. The molecule has 0 N–H and O–H groups in total. The average molecular weight is 208 g/mol. The van der Waals surface area contributed by atoms with Gasteiger partial charge in [0.2, 0.25) is 0 Å². The maximum Gasteiger partial charge on any atom is 0.193 e. The summed E-state index contributed by atoms with van der Waals surface area (Å²) in [6, 6.07) is 7.53. The third-order valence-electron chi connectivity index (χ3n) is 2.31. The number of hydrogen-bond acceptors (Lipinski definition) is 1. The van der Waals surface area contributed by atoms with E-state index in [2.05, 4.69) is 0 Å². The van der Waals surface area contributed by atoms with Crippen LogP contribution in [0.4, 0.5) is 0 Å². The second kappa shape index (κ2) is 3.46. The van der Waals surface area contributed by atoms with Gasteiger partial charge in [0.05, 0.1) is 11.4 Å². The largest absolute Gasteiger partial charge is 0.350 e. The lowest BCUT2D eigenvalue weighted by Crippen LogP contribution is -2.11. The molecule has 1 aromatic heterocycles. The van der Waals surface area contributed by atoms with Crippen LogP contribution in [0.1, 0.15) is 5.56 Å². The molecule has 0 amide bonds. The molecule has 2 rings (SSSR count). The third kappa shape index (κ3) is 1.32. The average Bonchev–Trinajstić information content (AvgIpc) is 2.23. The van der Waals surface area contributed by atoms with E-state index in [1.807, 2.05) is 35.9 Å². The van der Waals surface area contributed by atoms with Gasteiger partial charge in [0.1, 0.15) is 0 Å². The number of pyridine rings is 1. The van der Waals surface area contributed by atoms with E-state index in [1.54, 1.807) is 6.20 Å². The molecule has 0 atom stereocenters. The highest BCUT2D eigenvalue weighted by Gasteiger charge is 2.04. The van der Waals surface area contributed by atoms with Crippen molar-refractivity contribution in [2.45, 2.75) is 5.88 Å². The SMILES string of the molecule is Cn1cc(CCl)c(=O)c2ccccc21. The van der Waals surface area contributed by atoms with Crippen molar-refractivity contribution < 1.29 is 0 Å².